The van der Waals surface area contributed by atoms with Crippen LogP contribution in [-0.2, 0) is 13.0 Å². The van der Waals surface area contributed by atoms with E-state index in [0.717, 1.165) is 28.8 Å². The highest BCUT2D eigenvalue weighted by Gasteiger charge is 2.03. The quantitative estimate of drug-likeness (QED) is 0.750. The van der Waals surface area contributed by atoms with Gasteiger partial charge in [0, 0.05) is 13.0 Å². The molecule has 17 heavy (non-hydrogen) atoms. The van der Waals surface area contributed by atoms with Crippen LogP contribution in [0.3, 0.4) is 0 Å². The van der Waals surface area contributed by atoms with E-state index in [4.69, 9.17) is 5.73 Å². The number of rotatable bonds is 6. The molecular formula is C14H21N3. The van der Waals surface area contributed by atoms with Crippen molar-refractivity contribution in [1.29, 1.82) is 0 Å². The molecule has 0 bridgehead atoms. The van der Waals surface area contributed by atoms with Gasteiger partial charge in [-0.2, -0.15) is 0 Å². The molecule has 0 atom stereocenters. The third kappa shape index (κ3) is 3.07. The van der Waals surface area contributed by atoms with Crippen molar-refractivity contribution in [2.45, 2.75) is 45.6 Å². The first-order chi connectivity index (χ1) is 8.33. The van der Waals surface area contributed by atoms with Crippen LogP contribution in [0, 0.1) is 0 Å². The third-order valence-electron chi connectivity index (χ3n) is 3.10. The van der Waals surface area contributed by atoms with Gasteiger partial charge >= 0.3 is 0 Å². The summed E-state index contributed by atoms with van der Waals surface area (Å²) in [4.78, 5) is 7.97. The molecule has 0 unspecified atom stereocenters. The monoisotopic (exact) mass is 231 g/mol. The minimum absolute atomic E-state index is 0.584. The lowest BCUT2D eigenvalue weighted by atomic mass is 10.1. The van der Waals surface area contributed by atoms with Crippen molar-refractivity contribution in [1.82, 2.24) is 9.97 Å². The van der Waals surface area contributed by atoms with E-state index < -0.39 is 0 Å². The number of nitrogens with one attached hydrogen (secondary N) is 1. The van der Waals surface area contributed by atoms with Crippen LogP contribution in [0.25, 0.3) is 11.0 Å². The molecule has 0 amide bonds. The number of nitrogens with zero attached hydrogens (tertiary/aromatic N) is 1. The lowest BCUT2D eigenvalue weighted by molar-refractivity contribution is 0.656. The molecule has 0 spiro atoms. The average Bonchev–Trinajstić information content (AvgIpc) is 2.76. The number of aromatic amines is 1. The SMILES string of the molecule is CCCCCCc1nc2ccc(CN)cc2[nH]1. The molecule has 0 saturated heterocycles. The maximum atomic E-state index is 5.63. The van der Waals surface area contributed by atoms with Gasteiger partial charge in [-0.1, -0.05) is 32.3 Å². The zero-order chi connectivity index (χ0) is 12.1. The number of aromatic nitrogens is 2. The van der Waals surface area contributed by atoms with Crippen molar-refractivity contribution in [2.75, 3.05) is 0 Å². The van der Waals surface area contributed by atoms with E-state index in [2.05, 4.69) is 23.0 Å². The smallest absolute Gasteiger partial charge is 0.107 e. The van der Waals surface area contributed by atoms with Crippen molar-refractivity contribution in [3.05, 3.63) is 29.6 Å². The summed E-state index contributed by atoms with van der Waals surface area (Å²) in [6.45, 7) is 2.82. The summed E-state index contributed by atoms with van der Waals surface area (Å²) >= 11 is 0. The molecular weight excluding hydrogens is 210 g/mol. The Hall–Kier alpha value is -1.35. The summed E-state index contributed by atoms with van der Waals surface area (Å²) in [7, 11) is 0. The normalized spacial score (nSPS) is 11.2. The van der Waals surface area contributed by atoms with Crippen LogP contribution in [0.2, 0.25) is 0 Å². The van der Waals surface area contributed by atoms with Gasteiger partial charge < -0.3 is 10.7 Å². The molecule has 0 saturated carbocycles. The van der Waals surface area contributed by atoms with Crippen LogP contribution in [-0.4, -0.2) is 9.97 Å². The molecule has 0 aliphatic carbocycles. The van der Waals surface area contributed by atoms with Crippen molar-refractivity contribution in [3.63, 3.8) is 0 Å². The Morgan fingerprint density at radius 3 is 2.88 bits per heavy atom. The van der Waals surface area contributed by atoms with Crippen LogP contribution in [0.15, 0.2) is 18.2 Å². The average molecular weight is 231 g/mol. The minimum atomic E-state index is 0.584. The predicted molar refractivity (Wildman–Crippen MR) is 71.8 cm³/mol. The van der Waals surface area contributed by atoms with Crippen LogP contribution in [0.4, 0.5) is 0 Å². The Morgan fingerprint density at radius 2 is 2.12 bits per heavy atom. The van der Waals surface area contributed by atoms with Gasteiger partial charge in [0.2, 0.25) is 0 Å². The number of hydrogen-bond acceptors (Lipinski definition) is 2. The Kier molecular flexibility index (Phi) is 4.15. The van der Waals surface area contributed by atoms with Gasteiger partial charge in [-0.25, -0.2) is 4.98 Å². The number of imidazole rings is 1. The number of aryl methyl sites for hydroxylation is 1. The highest BCUT2D eigenvalue weighted by Crippen LogP contribution is 2.15. The largest absolute Gasteiger partial charge is 0.342 e. The Balaban J connectivity index is 2.04. The number of H-pyrrole nitrogens is 1. The molecule has 1 heterocycles. The van der Waals surface area contributed by atoms with Crippen LogP contribution < -0.4 is 5.73 Å². The minimum Gasteiger partial charge on any atom is -0.342 e. The molecule has 0 fully saturated rings. The first-order valence-electron chi connectivity index (χ1n) is 6.51. The summed E-state index contributed by atoms with van der Waals surface area (Å²) in [5.41, 5.74) is 8.94. The number of fused-ring (bicyclic) bond motifs is 1. The van der Waals surface area contributed by atoms with Gasteiger partial charge in [-0.3, -0.25) is 0 Å². The molecule has 1 aromatic heterocycles. The van der Waals surface area contributed by atoms with E-state index in [9.17, 15) is 0 Å². The van der Waals surface area contributed by atoms with E-state index in [1.807, 2.05) is 12.1 Å². The van der Waals surface area contributed by atoms with Gasteiger partial charge in [-0.15, -0.1) is 0 Å². The summed E-state index contributed by atoms with van der Waals surface area (Å²) in [6, 6.07) is 6.19. The lowest BCUT2D eigenvalue weighted by Gasteiger charge is -1.96. The van der Waals surface area contributed by atoms with Gasteiger partial charge in [0.25, 0.3) is 0 Å². The Labute approximate surface area is 102 Å². The molecule has 0 radical (unpaired) electrons. The fourth-order valence-electron chi connectivity index (χ4n) is 2.07. The van der Waals surface area contributed by atoms with Crippen molar-refractivity contribution in [2.24, 2.45) is 5.73 Å². The molecule has 3 N–H and O–H groups in total. The fraction of sp³-hybridized carbons (Fsp3) is 0.500. The molecule has 2 aromatic rings. The maximum Gasteiger partial charge on any atom is 0.107 e. The van der Waals surface area contributed by atoms with Gasteiger partial charge in [-0.05, 0) is 24.1 Å². The highest BCUT2D eigenvalue weighted by atomic mass is 14.9. The molecule has 2 rings (SSSR count). The molecule has 1 aromatic carbocycles. The number of unbranched alkanes of at least 4 members (excludes halogenated alkanes) is 3. The molecule has 3 nitrogen and oxygen atoms in total. The van der Waals surface area contributed by atoms with E-state index in [-0.39, 0.29) is 0 Å². The molecule has 0 aliphatic heterocycles. The molecule has 3 heteroatoms. The number of benzene rings is 1. The Bertz CT molecular complexity index is 473. The fourth-order valence-corrected chi connectivity index (χ4v) is 2.07. The topological polar surface area (TPSA) is 54.7 Å². The molecule has 92 valence electrons. The first kappa shape index (κ1) is 12.1. The second kappa shape index (κ2) is 5.82. The van der Waals surface area contributed by atoms with Crippen molar-refractivity contribution >= 4 is 11.0 Å². The maximum absolute atomic E-state index is 5.63. The summed E-state index contributed by atoms with van der Waals surface area (Å²) in [5, 5.41) is 0. The first-order valence-corrected chi connectivity index (χ1v) is 6.51. The lowest BCUT2D eigenvalue weighted by Crippen LogP contribution is -1.95. The van der Waals surface area contributed by atoms with Gasteiger partial charge in [0.1, 0.15) is 5.82 Å². The van der Waals surface area contributed by atoms with E-state index >= 15 is 0 Å². The van der Waals surface area contributed by atoms with E-state index in [1.54, 1.807) is 0 Å². The van der Waals surface area contributed by atoms with Crippen molar-refractivity contribution in [3.8, 4) is 0 Å². The highest BCUT2D eigenvalue weighted by molar-refractivity contribution is 5.75. The second-order valence-corrected chi connectivity index (χ2v) is 4.55. The van der Waals surface area contributed by atoms with Gasteiger partial charge in [0.05, 0.1) is 11.0 Å². The standard InChI is InChI=1S/C14H21N3/c1-2-3-4-5-6-14-16-12-8-7-11(10-15)9-13(12)17-14/h7-9H,2-6,10,15H2,1H3,(H,16,17). The zero-order valence-corrected chi connectivity index (χ0v) is 10.5. The Morgan fingerprint density at radius 1 is 1.24 bits per heavy atom. The van der Waals surface area contributed by atoms with E-state index in [1.165, 1.54) is 25.7 Å². The van der Waals surface area contributed by atoms with Gasteiger partial charge in [0.15, 0.2) is 0 Å². The zero-order valence-electron chi connectivity index (χ0n) is 10.5. The summed E-state index contributed by atoms with van der Waals surface area (Å²) in [6.07, 6.45) is 6.16. The van der Waals surface area contributed by atoms with E-state index in [0.29, 0.717) is 6.54 Å². The second-order valence-electron chi connectivity index (χ2n) is 4.55. The molecule has 0 aliphatic rings. The van der Waals surface area contributed by atoms with Crippen LogP contribution in [0.1, 0.15) is 44.0 Å². The van der Waals surface area contributed by atoms with Crippen LogP contribution in [0.5, 0.6) is 0 Å². The number of nitrogens with two attached hydrogens (primary N) is 1. The summed E-state index contributed by atoms with van der Waals surface area (Å²) in [5.74, 6) is 1.10. The third-order valence-corrected chi connectivity index (χ3v) is 3.10. The number of hydrogen-bond donors (Lipinski definition) is 2. The summed E-state index contributed by atoms with van der Waals surface area (Å²) < 4.78 is 0. The van der Waals surface area contributed by atoms with Crippen molar-refractivity contribution < 1.29 is 0 Å². The predicted octanol–water partition coefficient (Wildman–Crippen LogP) is 3.14. The van der Waals surface area contributed by atoms with Crippen LogP contribution >= 0.6 is 0 Å².